The summed E-state index contributed by atoms with van der Waals surface area (Å²) in [5.41, 5.74) is 3.01. The Bertz CT molecular complexity index is 720. The number of rotatable bonds is 12. The van der Waals surface area contributed by atoms with Crippen molar-refractivity contribution in [3.63, 3.8) is 0 Å². The van der Waals surface area contributed by atoms with Gasteiger partial charge in [0.15, 0.2) is 0 Å². The third kappa shape index (κ3) is 6.91. The van der Waals surface area contributed by atoms with Crippen molar-refractivity contribution in [2.24, 2.45) is 0 Å². The zero-order chi connectivity index (χ0) is 19.3. The molecule has 0 heterocycles. The van der Waals surface area contributed by atoms with Gasteiger partial charge in [0.25, 0.3) is 0 Å². The highest BCUT2D eigenvalue weighted by molar-refractivity contribution is 5.78. The van der Waals surface area contributed by atoms with Crippen LogP contribution in [0.5, 0.6) is 11.5 Å². The van der Waals surface area contributed by atoms with Gasteiger partial charge in [-0.05, 0) is 60.9 Å². The minimum atomic E-state index is 0.548. The van der Waals surface area contributed by atoms with E-state index < -0.39 is 0 Å². The van der Waals surface area contributed by atoms with Crippen molar-refractivity contribution in [2.75, 3.05) is 26.4 Å². The molecule has 0 aromatic heterocycles. The Balaban J connectivity index is 2.01. The van der Waals surface area contributed by atoms with Crippen LogP contribution in [0.1, 0.15) is 32.3 Å². The largest absolute Gasteiger partial charge is 0.493 e. The molecule has 0 aliphatic carbocycles. The molecule has 2 aromatic carbocycles. The molecule has 0 N–H and O–H groups in total. The van der Waals surface area contributed by atoms with Gasteiger partial charge in [0.2, 0.25) is 0 Å². The van der Waals surface area contributed by atoms with E-state index in [2.05, 4.69) is 6.92 Å². The van der Waals surface area contributed by atoms with Gasteiger partial charge in [0.05, 0.1) is 13.2 Å². The van der Waals surface area contributed by atoms with Crippen molar-refractivity contribution in [3.05, 3.63) is 54.1 Å². The molecular weight excluding hydrogens is 340 g/mol. The number of carbonyl (C=O) groups excluding carboxylic acids is 1. The molecule has 0 unspecified atom stereocenters. The summed E-state index contributed by atoms with van der Waals surface area (Å²) in [6.07, 6.45) is 6.22. The minimum absolute atomic E-state index is 0.548. The maximum absolute atomic E-state index is 10.6. The second kappa shape index (κ2) is 11.9. The topological polar surface area (TPSA) is 44.8 Å². The van der Waals surface area contributed by atoms with Crippen molar-refractivity contribution < 1.29 is 19.0 Å². The molecule has 0 aliphatic rings. The van der Waals surface area contributed by atoms with E-state index >= 15 is 0 Å². The van der Waals surface area contributed by atoms with Gasteiger partial charge in [-0.25, -0.2) is 0 Å². The van der Waals surface area contributed by atoms with Gasteiger partial charge in [-0.15, -0.1) is 0 Å². The predicted molar refractivity (Wildman–Crippen MR) is 109 cm³/mol. The van der Waals surface area contributed by atoms with Crippen LogP contribution in [0.3, 0.4) is 0 Å². The molecule has 0 aliphatic heterocycles. The molecule has 4 nitrogen and oxygen atoms in total. The average Bonchev–Trinajstić information content (AvgIpc) is 2.70. The van der Waals surface area contributed by atoms with Crippen molar-refractivity contribution >= 4 is 12.4 Å². The first-order valence-electron chi connectivity index (χ1n) is 9.48. The normalized spacial score (nSPS) is 10.9. The highest BCUT2D eigenvalue weighted by atomic mass is 16.5. The van der Waals surface area contributed by atoms with Crippen molar-refractivity contribution in [3.8, 4) is 22.6 Å². The summed E-state index contributed by atoms with van der Waals surface area (Å²) in [6, 6.07) is 13.9. The molecule has 144 valence electrons. The summed E-state index contributed by atoms with van der Waals surface area (Å²) in [5.74, 6) is 1.59. The van der Waals surface area contributed by atoms with Crippen molar-refractivity contribution in [1.29, 1.82) is 0 Å². The van der Waals surface area contributed by atoms with E-state index in [9.17, 15) is 4.79 Å². The van der Waals surface area contributed by atoms with E-state index in [0.29, 0.717) is 19.8 Å². The first kappa shape index (κ1) is 20.7. The number of allylic oxidation sites excluding steroid dienone is 1. The molecule has 0 saturated carbocycles. The van der Waals surface area contributed by atoms with E-state index in [4.69, 9.17) is 14.2 Å². The lowest BCUT2D eigenvalue weighted by Gasteiger charge is -2.11. The Morgan fingerprint density at radius 3 is 2.37 bits per heavy atom. The van der Waals surface area contributed by atoms with Crippen LogP contribution in [0.2, 0.25) is 0 Å². The third-order valence-corrected chi connectivity index (χ3v) is 3.99. The first-order chi connectivity index (χ1) is 13.3. The lowest BCUT2D eigenvalue weighted by molar-refractivity contribution is -0.104. The van der Waals surface area contributed by atoms with E-state index in [1.807, 2.05) is 49.4 Å². The Morgan fingerprint density at radius 1 is 0.889 bits per heavy atom. The number of ether oxygens (including phenoxy) is 3. The molecule has 0 atom stereocenters. The van der Waals surface area contributed by atoms with Crippen LogP contribution in [0.25, 0.3) is 17.2 Å². The van der Waals surface area contributed by atoms with Crippen LogP contribution >= 0.6 is 0 Å². The quantitative estimate of drug-likeness (QED) is 0.295. The van der Waals surface area contributed by atoms with Crippen LogP contribution in [0, 0.1) is 0 Å². The summed E-state index contributed by atoms with van der Waals surface area (Å²) >= 11 is 0. The fourth-order valence-corrected chi connectivity index (χ4v) is 2.60. The van der Waals surface area contributed by atoms with E-state index in [-0.39, 0.29) is 0 Å². The lowest BCUT2D eigenvalue weighted by Crippen LogP contribution is -2.07. The molecule has 4 heteroatoms. The molecule has 0 radical (unpaired) electrons. The molecule has 2 rings (SSSR count). The summed E-state index contributed by atoms with van der Waals surface area (Å²) in [5, 5.41) is 0. The van der Waals surface area contributed by atoms with E-state index in [1.165, 1.54) is 6.08 Å². The van der Waals surface area contributed by atoms with Gasteiger partial charge in [-0.1, -0.05) is 31.5 Å². The zero-order valence-corrected chi connectivity index (χ0v) is 16.1. The van der Waals surface area contributed by atoms with Gasteiger partial charge in [0.1, 0.15) is 24.4 Å². The standard InChI is InChI=1S/C23H28O4/c1-3-5-15-25-16-17-27-22-11-8-19(9-12-22)20-10-13-23(26-4-2)21(18-20)7-6-14-24/h6-14,18H,3-5,15-17H2,1-2H3/b7-6+. The van der Waals surface area contributed by atoms with Crippen LogP contribution in [0.4, 0.5) is 0 Å². The SMILES string of the molecule is CCCCOCCOc1ccc(-c2ccc(OCC)c(/C=C/C=O)c2)cc1. The van der Waals surface area contributed by atoms with Crippen LogP contribution in [-0.2, 0) is 9.53 Å². The molecule has 0 spiro atoms. The number of hydrogen-bond donors (Lipinski definition) is 0. The van der Waals surface area contributed by atoms with Gasteiger partial charge >= 0.3 is 0 Å². The highest BCUT2D eigenvalue weighted by Gasteiger charge is 2.05. The van der Waals surface area contributed by atoms with Gasteiger partial charge in [-0.2, -0.15) is 0 Å². The summed E-state index contributed by atoms with van der Waals surface area (Å²) in [6.45, 7) is 6.61. The number of aldehydes is 1. The molecule has 0 bridgehead atoms. The molecule has 0 fully saturated rings. The number of benzene rings is 2. The maximum Gasteiger partial charge on any atom is 0.142 e. The third-order valence-electron chi connectivity index (χ3n) is 3.99. The van der Waals surface area contributed by atoms with Crippen LogP contribution in [0.15, 0.2) is 48.5 Å². The van der Waals surface area contributed by atoms with Gasteiger partial charge in [0, 0.05) is 12.2 Å². The summed E-state index contributed by atoms with van der Waals surface area (Å²) in [7, 11) is 0. The zero-order valence-electron chi connectivity index (χ0n) is 16.1. The molecular formula is C23H28O4. The number of unbranched alkanes of at least 4 members (excludes halogenated alkanes) is 1. The lowest BCUT2D eigenvalue weighted by atomic mass is 10.0. The van der Waals surface area contributed by atoms with Crippen LogP contribution < -0.4 is 9.47 Å². The monoisotopic (exact) mass is 368 g/mol. The maximum atomic E-state index is 10.6. The fraction of sp³-hybridized carbons (Fsp3) is 0.348. The van der Waals surface area contributed by atoms with Crippen LogP contribution in [-0.4, -0.2) is 32.7 Å². The minimum Gasteiger partial charge on any atom is -0.493 e. The Kier molecular flexibility index (Phi) is 9.14. The number of carbonyl (C=O) groups is 1. The Labute approximate surface area is 161 Å². The Morgan fingerprint density at radius 2 is 1.67 bits per heavy atom. The second-order valence-corrected chi connectivity index (χ2v) is 6.02. The molecule has 27 heavy (non-hydrogen) atoms. The van der Waals surface area contributed by atoms with Gasteiger partial charge in [-0.3, -0.25) is 4.79 Å². The summed E-state index contributed by atoms with van der Waals surface area (Å²) < 4.78 is 16.8. The molecule has 2 aromatic rings. The van der Waals surface area contributed by atoms with Crippen molar-refractivity contribution in [1.82, 2.24) is 0 Å². The van der Waals surface area contributed by atoms with Crippen molar-refractivity contribution in [2.45, 2.75) is 26.7 Å². The molecule has 0 saturated heterocycles. The average molecular weight is 368 g/mol. The highest BCUT2D eigenvalue weighted by Crippen LogP contribution is 2.29. The first-order valence-corrected chi connectivity index (χ1v) is 9.48. The second-order valence-electron chi connectivity index (χ2n) is 6.02. The smallest absolute Gasteiger partial charge is 0.142 e. The van der Waals surface area contributed by atoms with Gasteiger partial charge < -0.3 is 14.2 Å². The summed E-state index contributed by atoms with van der Waals surface area (Å²) in [4.78, 5) is 10.6. The van der Waals surface area contributed by atoms with E-state index in [1.54, 1.807) is 6.08 Å². The molecule has 0 amide bonds. The number of hydrogen-bond acceptors (Lipinski definition) is 4. The predicted octanol–water partition coefficient (Wildman–Crippen LogP) is 5.16. The Hall–Kier alpha value is -2.59. The fourth-order valence-electron chi connectivity index (χ4n) is 2.60. The van der Waals surface area contributed by atoms with E-state index in [0.717, 1.165) is 53.9 Å².